The Morgan fingerprint density at radius 1 is 0.737 bits per heavy atom. The highest BCUT2D eigenvalue weighted by Gasteiger charge is 2.18. The highest BCUT2D eigenvalue weighted by molar-refractivity contribution is 6.09. The van der Waals surface area contributed by atoms with E-state index in [-0.39, 0.29) is 5.41 Å². The Morgan fingerprint density at radius 2 is 1.53 bits per heavy atom. The lowest BCUT2D eigenvalue weighted by Gasteiger charge is -2.20. The van der Waals surface area contributed by atoms with E-state index >= 15 is 0 Å². The molecule has 0 bridgehead atoms. The van der Waals surface area contributed by atoms with E-state index in [9.17, 15) is 5.26 Å². The molecule has 0 spiro atoms. The SMILES string of the molecule is CC(C)(C)c1ccnc(-n2c3cc(C#N)ccc3c3ccc(Oc4cccc(-c5ccccn5)c4)cc32)c1. The van der Waals surface area contributed by atoms with Crippen LogP contribution in [0.3, 0.4) is 0 Å². The number of nitrogens with zero attached hydrogens (tertiary/aromatic N) is 4. The van der Waals surface area contributed by atoms with Crippen molar-refractivity contribution >= 4 is 21.8 Å². The first-order chi connectivity index (χ1) is 18.4. The van der Waals surface area contributed by atoms with Crippen LogP contribution >= 0.6 is 0 Å². The van der Waals surface area contributed by atoms with Crippen molar-refractivity contribution in [2.45, 2.75) is 26.2 Å². The summed E-state index contributed by atoms with van der Waals surface area (Å²) >= 11 is 0. The molecular weight excluding hydrogens is 468 g/mol. The van der Waals surface area contributed by atoms with Crippen molar-refractivity contribution in [1.29, 1.82) is 5.26 Å². The number of ether oxygens (including phenoxy) is 1. The van der Waals surface area contributed by atoms with Gasteiger partial charge in [-0.1, -0.05) is 45.0 Å². The number of hydrogen-bond donors (Lipinski definition) is 0. The third-order valence-electron chi connectivity index (χ3n) is 6.74. The largest absolute Gasteiger partial charge is 0.457 e. The first kappa shape index (κ1) is 23.4. The van der Waals surface area contributed by atoms with E-state index < -0.39 is 0 Å². The van der Waals surface area contributed by atoms with Crippen molar-refractivity contribution in [2.75, 3.05) is 0 Å². The van der Waals surface area contributed by atoms with Gasteiger partial charge in [0, 0.05) is 34.8 Å². The van der Waals surface area contributed by atoms with Crippen LogP contribution in [0, 0.1) is 11.3 Å². The Balaban J connectivity index is 1.50. The minimum Gasteiger partial charge on any atom is -0.457 e. The maximum Gasteiger partial charge on any atom is 0.137 e. The molecule has 0 fully saturated rings. The van der Waals surface area contributed by atoms with Crippen LogP contribution in [0.5, 0.6) is 11.5 Å². The van der Waals surface area contributed by atoms with Crippen LogP contribution in [0.25, 0.3) is 38.9 Å². The van der Waals surface area contributed by atoms with E-state index in [0.717, 1.165) is 44.6 Å². The van der Waals surface area contributed by atoms with Gasteiger partial charge in [0.25, 0.3) is 0 Å². The van der Waals surface area contributed by atoms with Crippen LogP contribution in [-0.4, -0.2) is 14.5 Å². The van der Waals surface area contributed by atoms with Crippen LogP contribution in [0.1, 0.15) is 31.9 Å². The molecule has 38 heavy (non-hydrogen) atoms. The van der Waals surface area contributed by atoms with Crippen LogP contribution in [0.4, 0.5) is 0 Å². The molecule has 6 aromatic rings. The van der Waals surface area contributed by atoms with E-state index in [1.165, 1.54) is 5.56 Å². The van der Waals surface area contributed by atoms with E-state index in [1.807, 2.05) is 79.0 Å². The second-order valence-electron chi connectivity index (χ2n) is 10.4. The van der Waals surface area contributed by atoms with Crippen LogP contribution < -0.4 is 4.74 Å². The predicted octanol–water partition coefficient (Wildman–Crippen LogP) is 8.20. The number of aromatic nitrogens is 3. The molecule has 0 saturated carbocycles. The van der Waals surface area contributed by atoms with Gasteiger partial charge >= 0.3 is 0 Å². The second-order valence-corrected chi connectivity index (χ2v) is 10.4. The van der Waals surface area contributed by atoms with Gasteiger partial charge in [-0.2, -0.15) is 5.26 Å². The molecule has 3 aromatic heterocycles. The zero-order valence-corrected chi connectivity index (χ0v) is 21.5. The summed E-state index contributed by atoms with van der Waals surface area (Å²) in [5, 5.41) is 11.7. The number of hydrogen-bond acceptors (Lipinski definition) is 4. The Morgan fingerprint density at radius 3 is 2.29 bits per heavy atom. The van der Waals surface area contributed by atoms with Gasteiger partial charge in [0.15, 0.2) is 0 Å². The first-order valence-electron chi connectivity index (χ1n) is 12.6. The third kappa shape index (κ3) is 4.27. The normalized spacial score (nSPS) is 11.5. The van der Waals surface area contributed by atoms with Crippen molar-refractivity contribution in [3.05, 3.63) is 115 Å². The smallest absolute Gasteiger partial charge is 0.137 e. The molecule has 0 amide bonds. The van der Waals surface area contributed by atoms with Crippen molar-refractivity contribution in [1.82, 2.24) is 14.5 Å². The summed E-state index contributed by atoms with van der Waals surface area (Å²) in [7, 11) is 0. The first-order valence-corrected chi connectivity index (χ1v) is 12.6. The lowest BCUT2D eigenvalue weighted by atomic mass is 9.88. The van der Waals surface area contributed by atoms with Crippen molar-refractivity contribution in [2.24, 2.45) is 0 Å². The molecule has 5 nitrogen and oxygen atoms in total. The predicted molar refractivity (Wildman–Crippen MR) is 152 cm³/mol. The molecule has 5 heteroatoms. The fourth-order valence-electron chi connectivity index (χ4n) is 4.77. The molecule has 0 aliphatic heterocycles. The lowest BCUT2D eigenvalue weighted by molar-refractivity contribution is 0.483. The van der Waals surface area contributed by atoms with Gasteiger partial charge in [0.05, 0.1) is 28.4 Å². The molecule has 0 saturated heterocycles. The molecule has 3 aromatic carbocycles. The molecule has 0 unspecified atom stereocenters. The van der Waals surface area contributed by atoms with Crippen molar-refractivity contribution in [3.8, 4) is 34.6 Å². The van der Waals surface area contributed by atoms with Crippen LogP contribution in [0.15, 0.2) is 103 Å². The zero-order chi connectivity index (χ0) is 26.3. The standard InChI is InChI=1S/C33H26N4O/c1-33(2,3)24-14-16-36-32(19-24)37-30-17-22(21-34)10-12-27(30)28-13-11-26(20-31(28)37)38-25-8-6-7-23(18-25)29-9-4-5-15-35-29/h4-20H,1-3H3. The number of rotatable bonds is 4. The number of nitriles is 1. The average Bonchev–Trinajstić information content (AvgIpc) is 3.26. The van der Waals surface area contributed by atoms with Gasteiger partial charge in [-0.15, -0.1) is 0 Å². The maximum absolute atomic E-state index is 9.60. The summed E-state index contributed by atoms with van der Waals surface area (Å²) in [6, 6.07) is 32.2. The quantitative estimate of drug-likeness (QED) is 0.248. The molecule has 6 rings (SSSR count). The average molecular weight is 495 g/mol. The molecule has 3 heterocycles. The summed E-state index contributed by atoms with van der Waals surface area (Å²) in [5.74, 6) is 2.25. The van der Waals surface area contributed by atoms with E-state index in [2.05, 4.69) is 54.6 Å². The molecule has 0 aliphatic carbocycles. The maximum atomic E-state index is 9.60. The molecule has 0 N–H and O–H groups in total. The summed E-state index contributed by atoms with van der Waals surface area (Å²) in [6.07, 6.45) is 3.64. The highest BCUT2D eigenvalue weighted by atomic mass is 16.5. The van der Waals surface area contributed by atoms with Gasteiger partial charge in [0.2, 0.25) is 0 Å². The monoisotopic (exact) mass is 494 g/mol. The van der Waals surface area contributed by atoms with Gasteiger partial charge < -0.3 is 4.74 Å². The molecule has 0 radical (unpaired) electrons. The third-order valence-corrected chi connectivity index (χ3v) is 6.74. The number of fused-ring (bicyclic) bond motifs is 3. The van der Waals surface area contributed by atoms with Crippen molar-refractivity contribution in [3.63, 3.8) is 0 Å². The van der Waals surface area contributed by atoms with E-state index in [4.69, 9.17) is 9.72 Å². The van der Waals surface area contributed by atoms with Gasteiger partial charge in [-0.3, -0.25) is 9.55 Å². The minimum absolute atomic E-state index is 0.0266. The zero-order valence-electron chi connectivity index (χ0n) is 21.5. The number of pyridine rings is 2. The minimum atomic E-state index is -0.0266. The fourth-order valence-corrected chi connectivity index (χ4v) is 4.77. The Bertz CT molecular complexity index is 1840. The van der Waals surface area contributed by atoms with E-state index in [0.29, 0.717) is 11.3 Å². The van der Waals surface area contributed by atoms with Crippen LogP contribution in [-0.2, 0) is 5.41 Å². The summed E-state index contributed by atoms with van der Waals surface area (Å²) in [4.78, 5) is 9.20. The fraction of sp³-hybridized carbons (Fsp3) is 0.121. The Labute approximate surface area is 221 Å². The number of benzene rings is 3. The molecule has 184 valence electrons. The highest BCUT2D eigenvalue weighted by Crippen LogP contribution is 2.36. The van der Waals surface area contributed by atoms with Gasteiger partial charge in [0.1, 0.15) is 17.3 Å². The molecule has 0 aliphatic rings. The van der Waals surface area contributed by atoms with E-state index in [1.54, 1.807) is 6.20 Å². The Hall–Kier alpha value is -4.95. The summed E-state index contributed by atoms with van der Waals surface area (Å²) in [6.45, 7) is 6.57. The Kier molecular flexibility index (Phi) is 5.66. The lowest BCUT2D eigenvalue weighted by Crippen LogP contribution is -2.12. The van der Waals surface area contributed by atoms with Crippen molar-refractivity contribution < 1.29 is 4.74 Å². The molecule has 0 atom stereocenters. The van der Waals surface area contributed by atoms with Gasteiger partial charge in [-0.25, -0.2) is 4.98 Å². The molecular formula is C33H26N4O. The summed E-state index contributed by atoms with van der Waals surface area (Å²) in [5.41, 5.74) is 5.56. The summed E-state index contributed by atoms with van der Waals surface area (Å²) < 4.78 is 8.47. The van der Waals surface area contributed by atoms with Crippen LogP contribution in [0.2, 0.25) is 0 Å². The topological polar surface area (TPSA) is 63.7 Å². The second kappa shape index (κ2) is 9.17. The van der Waals surface area contributed by atoms with Gasteiger partial charge in [-0.05, 0) is 71.6 Å².